The van der Waals surface area contributed by atoms with Gasteiger partial charge in [-0.05, 0) is 62.1 Å². The van der Waals surface area contributed by atoms with Crippen LogP contribution >= 0.6 is 0 Å². The summed E-state index contributed by atoms with van der Waals surface area (Å²) in [6.45, 7) is 9.75. The Labute approximate surface area is 208 Å². The number of fused-ring (bicyclic) bond motifs is 1. The molecule has 1 aromatic carbocycles. The minimum Gasteiger partial charge on any atom is -0.381 e. The normalized spacial score (nSPS) is 22.7. The van der Waals surface area contributed by atoms with E-state index < -0.39 is 10.0 Å². The summed E-state index contributed by atoms with van der Waals surface area (Å²) in [5.74, 6) is 1.63. The number of carbonyl (C=O) groups is 1. The minimum absolute atomic E-state index is 0.0444. The number of aromatic nitrogens is 2. The second-order valence-corrected chi connectivity index (χ2v) is 13.5. The molecular formula is C26H38N4O4S. The Morgan fingerprint density at radius 3 is 2.54 bits per heavy atom. The van der Waals surface area contributed by atoms with Crippen molar-refractivity contribution >= 4 is 27.0 Å². The highest BCUT2D eigenvalue weighted by Gasteiger charge is 2.35. The van der Waals surface area contributed by atoms with E-state index >= 15 is 0 Å². The third kappa shape index (κ3) is 5.42. The van der Waals surface area contributed by atoms with E-state index in [1.807, 2.05) is 6.07 Å². The third-order valence-electron chi connectivity index (χ3n) is 7.48. The number of nitrogens with zero attached hydrogens (tertiary/aromatic N) is 3. The number of rotatable bonds is 7. The predicted octanol–water partition coefficient (Wildman–Crippen LogP) is 3.44. The van der Waals surface area contributed by atoms with Crippen LogP contribution in [0, 0.1) is 11.8 Å². The van der Waals surface area contributed by atoms with Crippen molar-refractivity contribution in [2.24, 2.45) is 11.8 Å². The van der Waals surface area contributed by atoms with Crippen LogP contribution in [-0.2, 0) is 31.5 Å². The first-order valence-electron chi connectivity index (χ1n) is 13.0. The van der Waals surface area contributed by atoms with Crippen molar-refractivity contribution in [3.8, 4) is 0 Å². The van der Waals surface area contributed by atoms with Crippen LogP contribution in [-0.4, -0.2) is 60.5 Å². The molecule has 192 valence electrons. The van der Waals surface area contributed by atoms with E-state index in [4.69, 9.17) is 9.72 Å². The van der Waals surface area contributed by atoms with Crippen LogP contribution in [0.2, 0.25) is 0 Å². The van der Waals surface area contributed by atoms with Gasteiger partial charge in [0, 0.05) is 50.7 Å². The number of nitrogens with one attached hydrogen (secondary N) is 1. The second kappa shape index (κ2) is 9.48. The molecule has 0 spiro atoms. The fourth-order valence-electron chi connectivity index (χ4n) is 5.32. The van der Waals surface area contributed by atoms with Crippen LogP contribution < -0.4 is 5.32 Å². The summed E-state index contributed by atoms with van der Waals surface area (Å²) in [6.07, 6.45) is 5.29. The number of hydrogen-bond donors (Lipinski definition) is 1. The van der Waals surface area contributed by atoms with E-state index in [2.05, 4.69) is 30.7 Å². The van der Waals surface area contributed by atoms with Gasteiger partial charge < -0.3 is 14.6 Å². The Balaban J connectivity index is 1.37. The number of benzene rings is 1. The molecule has 3 aliphatic rings. The molecule has 1 saturated carbocycles. The lowest BCUT2D eigenvalue weighted by Gasteiger charge is -2.26. The Hall–Kier alpha value is -1.97. The third-order valence-corrected chi connectivity index (χ3v) is 9.34. The molecule has 1 atom stereocenters. The maximum atomic E-state index is 13.5. The van der Waals surface area contributed by atoms with Crippen LogP contribution in [0.4, 0.5) is 0 Å². The quantitative estimate of drug-likeness (QED) is 0.626. The van der Waals surface area contributed by atoms with Crippen molar-refractivity contribution in [1.82, 2.24) is 19.2 Å². The average Bonchev–Trinajstić information content (AvgIpc) is 3.35. The van der Waals surface area contributed by atoms with Crippen molar-refractivity contribution in [1.29, 1.82) is 0 Å². The molecule has 3 heterocycles. The molecule has 0 bridgehead atoms. The van der Waals surface area contributed by atoms with Gasteiger partial charge in [-0.1, -0.05) is 20.8 Å². The van der Waals surface area contributed by atoms with Crippen molar-refractivity contribution in [3.05, 3.63) is 24.0 Å². The van der Waals surface area contributed by atoms with Gasteiger partial charge in [-0.25, -0.2) is 13.4 Å². The van der Waals surface area contributed by atoms with Crippen molar-refractivity contribution < 1.29 is 17.9 Å². The Bertz CT molecular complexity index is 1190. The first kappa shape index (κ1) is 24.7. The summed E-state index contributed by atoms with van der Waals surface area (Å²) in [7, 11) is -3.64. The summed E-state index contributed by atoms with van der Waals surface area (Å²) in [5.41, 5.74) is 1.55. The fraction of sp³-hybridized carbons (Fsp3) is 0.692. The molecule has 9 heteroatoms. The Morgan fingerprint density at radius 2 is 1.86 bits per heavy atom. The van der Waals surface area contributed by atoms with Gasteiger partial charge in [-0.2, -0.15) is 4.31 Å². The van der Waals surface area contributed by atoms with Crippen molar-refractivity contribution in [3.63, 3.8) is 0 Å². The van der Waals surface area contributed by atoms with E-state index in [0.29, 0.717) is 37.9 Å². The molecule has 35 heavy (non-hydrogen) atoms. The van der Waals surface area contributed by atoms with E-state index in [9.17, 15) is 13.2 Å². The maximum Gasteiger partial charge on any atom is 0.243 e. The Kier molecular flexibility index (Phi) is 6.70. The van der Waals surface area contributed by atoms with Crippen LogP contribution in [0.3, 0.4) is 0 Å². The van der Waals surface area contributed by atoms with Crippen LogP contribution in [0.25, 0.3) is 11.0 Å². The molecule has 5 rings (SSSR count). The zero-order valence-corrected chi connectivity index (χ0v) is 21.9. The van der Waals surface area contributed by atoms with Crippen LogP contribution in [0.15, 0.2) is 23.1 Å². The molecule has 8 nitrogen and oxygen atoms in total. The molecule has 1 aromatic heterocycles. The second-order valence-electron chi connectivity index (χ2n) is 11.6. The highest BCUT2D eigenvalue weighted by Crippen LogP contribution is 2.32. The molecule has 2 saturated heterocycles. The number of ether oxygens (including phenoxy) is 1. The maximum absolute atomic E-state index is 13.5. The minimum atomic E-state index is -3.64. The molecule has 1 amide bonds. The first-order valence-corrected chi connectivity index (χ1v) is 14.4. The van der Waals surface area contributed by atoms with Gasteiger partial charge in [-0.15, -0.1) is 0 Å². The highest BCUT2D eigenvalue weighted by molar-refractivity contribution is 7.89. The molecule has 1 aliphatic carbocycles. The topological polar surface area (TPSA) is 93.5 Å². The van der Waals surface area contributed by atoms with E-state index in [0.717, 1.165) is 62.3 Å². The standard InChI is InChI=1S/C26H38N4O4S/c1-26(2,3)25-28-22-15-21(6-7-23(22)30(25)17-18-9-12-34-13-10-18)35(32,33)29-11-8-19(16-29)14-24(31)27-20-4-5-20/h6-7,15,18-20H,4-5,8-14,16-17H2,1-3H3,(H,27,31). The zero-order valence-electron chi connectivity index (χ0n) is 21.1. The number of hydrogen-bond acceptors (Lipinski definition) is 5. The molecule has 1 N–H and O–H groups in total. The highest BCUT2D eigenvalue weighted by atomic mass is 32.2. The summed E-state index contributed by atoms with van der Waals surface area (Å²) in [5, 5.41) is 3.01. The predicted molar refractivity (Wildman–Crippen MR) is 135 cm³/mol. The fourth-order valence-corrected chi connectivity index (χ4v) is 6.87. The van der Waals surface area contributed by atoms with E-state index in [1.54, 1.807) is 12.1 Å². The molecule has 0 radical (unpaired) electrons. The van der Waals surface area contributed by atoms with Crippen LogP contribution in [0.5, 0.6) is 0 Å². The van der Waals surface area contributed by atoms with Gasteiger partial charge in [0.15, 0.2) is 0 Å². The lowest BCUT2D eigenvalue weighted by Crippen LogP contribution is -2.31. The lowest BCUT2D eigenvalue weighted by atomic mass is 9.94. The van der Waals surface area contributed by atoms with Gasteiger partial charge >= 0.3 is 0 Å². The largest absolute Gasteiger partial charge is 0.381 e. The molecule has 2 aliphatic heterocycles. The molecule has 2 aromatic rings. The van der Waals surface area contributed by atoms with Gasteiger partial charge in [0.05, 0.1) is 15.9 Å². The van der Waals surface area contributed by atoms with Gasteiger partial charge in [0.25, 0.3) is 0 Å². The van der Waals surface area contributed by atoms with Crippen LogP contribution in [0.1, 0.15) is 65.1 Å². The van der Waals surface area contributed by atoms with Gasteiger partial charge in [0.1, 0.15) is 5.82 Å². The SMILES string of the molecule is CC(C)(C)c1nc2cc(S(=O)(=O)N3CCC(CC(=O)NC4CC4)C3)ccc2n1CC1CCOCC1. The smallest absolute Gasteiger partial charge is 0.243 e. The molecule has 3 fully saturated rings. The summed E-state index contributed by atoms with van der Waals surface area (Å²) in [4.78, 5) is 17.4. The number of amides is 1. The lowest BCUT2D eigenvalue weighted by molar-refractivity contribution is -0.122. The first-order chi connectivity index (χ1) is 16.6. The molecular weight excluding hydrogens is 464 g/mol. The monoisotopic (exact) mass is 502 g/mol. The summed E-state index contributed by atoms with van der Waals surface area (Å²) in [6, 6.07) is 5.70. The van der Waals surface area contributed by atoms with E-state index in [-0.39, 0.29) is 22.1 Å². The number of carbonyl (C=O) groups excluding carboxylic acids is 1. The number of sulfonamides is 1. The number of imidazole rings is 1. The Morgan fingerprint density at radius 1 is 1.11 bits per heavy atom. The van der Waals surface area contributed by atoms with E-state index in [1.165, 1.54) is 4.31 Å². The van der Waals surface area contributed by atoms with Crippen molar-refractivity contribution in [2.75, 3.05) is 26.3 Å². The summed E-state index contributed by atoms with van der Waals surface area (Å²) < 4.78 is 36.3. The summed E-state index contributed by atoms with van der Waals surface area (Å²) >= 11 is 0. The molecule has 1 unspecified atom stereocenters. The zero-order chi connectivity index (χ0) is 24.8. The average molecular weight is 503 g/mol. The van der Waals surface area contributed by atoms with Gasteiger partial charge in [0.2, 0.25) is 15.9 Å². The van der Waals surface area contributed by atoms with Gasteiger partial charge in [-0.3, -0.25) is 4.79 Å². The van der Waals surface area contributed by atoms with Crippen molar-refractivity contribution in [2.45, 2.75) is 82.2 Å².